The monoisotopic (exact) mass is 265 g/mol. The second kappa shape index (κ2) is 4.86. The highest BCUT2D eigenvalue weighted by Gasteiger charge is 2.19. The highest BCUT2D eigenvalue weighted by molar-refractivity contribution is 7.17. The lowest BCUT2D eigenvalue weighted by molar-refractivity contribution is 0.387. The van der Waals surface area contributed by atoms with Crippen LogP contribution in [0.1, 0.15) is 24.3 Å². The number of thiophene rings is 1. The summed E-state index contributed by atoms with van der Waals surface area (Å²) in [6, 6.07) is 3.43. The van der Waals surface area contributed by atoms with Crippen molar-refractivity contribution in [1.82, 2.24) is 5.32 Å². The summed E-state index contributed by atoms with van der Waals surface area (Å²) in [4.78, 5) is 0. The van der Waals surface area contributed by atoms with Gasteiger partial charge in [0.2, 0.25) is 0 Å². The average molecular weight is 265 g/mol. The lowest BCUT2D eigenvalue weighted by Gasteiger charge is -2.22. The largest absolute Gasteiger partial charge is 0.494 e. The number of benzene rings is 1. The van der Waals surface area contributed by atoms with E-state index in [2.05, 4.69) is 10.7 Å². The molecule has 1 aliphatic heterocycles. The zero-order chi connectivity index (χ0) is 12.5. The third kappa shape index (κ3) is 1.99. The first-order valence-electron chi connectivity index (χ1n) is 6.25. The van der Waals surface area contributed by atoms with Crippen LogP contribution in [0, 0.1) is 5.82 Å². The number of nitrogens with one attached hydrogen (secondary N) is 1. The first kappa shape index (κ1) is 11.9. The van der Waals surface area contributed by atoms with Crippen molar-refractivity contribution < 1.29 is 9.13 Å². The number of hydrogen-bond donors (Lipinski definition) is 1. The Labute approximate surface area is 110 Å². The van der Waals surface area contributed by atoms with Gasteiger partial charge < -0.3 is 10.1 Å². The molecule has 1 aromatic carbocycles. The fourth-order valence-corrected chi connectivity index (χ4v) is 3.70. The Morgan fingerprint density at radius 3 is 2.83 bits per heavy atom. The van der Waals surface area contributed by atoms with E-state index < -0.39 is 0 Å². The van der Waals surface area contributed by atoms with Crippen molar-refractivity contribution in [2.24, 2.45) is 0 Å². The highest BCUT2D eigenvalue weighted by Crippen LogP contribution is 2.38. The summed E-state index contributed by atoms with van der Waals surface area (Å²) in [5.74, 6) is 0.662. The SMILES string of the molecule is COc1cc2c(C3CCNCC3)csc2cc1F. The molecule has 0 bridgehead atoms. The molecule has 0 spiro atoms. The number of ether oxygens (including phenoxy) is 1. The van der Waals surface area contributed by atoms with Crippen molar-refractivity contribution >= 4 is 21.4 Å². The lowest BCUT2D eigenvalue weighted by atomic mass is 9.90. The van der Waals surface area contributed by atoms with Gasteiger partial charge in [-0.3, -0.25) is 0 Å². The Bertz CT molecular complexity index is 560. The van der Waals surface area contributed by atoms with Crippen molar-refractivity contribution in [2.75, 3.05) is 20.2 Å². The molecule has 4 heteroatoms. The van der Waals surface area contributed by atoms with Crippen LogP contribution < -0.4 is 10.1 Å². The first-order valence-corrected chi connectivity index (χ1v) is 7.13. The number of rotatable bonds is 2. The molecule has 0 saturated carbocycles. The van der Waals surface area contributed by atoms with E-state index in [1.54, 1.807) is 17.4 Å². The molecule has 0 radical (unpaired) electrons. The van der Waals surface area contributed by atoms with Crippen LogP contribution in [-0.2, 0) is 0 Å². The summed E-state index contributed by atoms with van der Waals surface area (Å²) < 4.78 is 19.7. The second-order valence-corrected chi connectivity index (χ2v) is 5.61. The van der Waals surface area contributed by atoms with Crippen molar-refractivity contribution in [2.45, 2.75) is 18.8 Å². The summed E-state index contributed by atoms with van der Waals surface area (Å²) in [5, 5.41) is 6.71. The van der Waals surface area contributed by atoms with Gasteiger partial charge in [0.05, 0.1) is 7.11 Å². The number of methoxy groups -OCH3 is 1. The zero-order valence-electron chi connectivity index (χ0n) is 10.3. The molecule has 1 saturated heterocycles. The van der Waals surface area contributed by atoms with Crippen LogP contribution in [0.4, 0.5) is 4.39 Å². The van der Waals surface area contributed by atoms with Crippen LogP contribution in [0.2, 0.25) is 0 Å². The fraction of sp³-hybridized carbons (Fsp3) is 0.429. The number of halogens is 1. The molecular weight excluding hydrogens is 249 g/mol. The molecule has 1 aromatic heterocycles. The fourth-order valence-electron chi connectivity index (χ4n) is 2.65. The van der Waals surface area contributed by atoms with E-state index in [1.165, 1.54) is 12.7 Å². The molecule has 2 aromatic rings. The van der Waals surface area contributed by atoms with E-state index in [0.717, 1.165) is 36.0 Å². The maximum atomic E-state index is 13.6. The van der Waals surface area contributed by atoms with Crippen LogP contribution in [-0.4, -0.2) is 20.2 Å². The van der Waals surface area contributed by atoms with Crippen molar-refractivity contribution in [3.8, 4) is 5.75 Å². The third-order valence-corrected chi connectivity index (χ3v) is 4.62. The van der Waals surface area contributed by atoms with E-state index in [-0.39, 0.29) is 5.82 Å². The summed E-state index contributed by atoms with van der Waals surface area (Å²) in [6.45, 7) is 2.14. The quantitative estimate of drug-likeness (QED) is 0.897. The third-order valence-electron chi connectivity index (χ3n) is 3.66. The van der Waals surface area contributed by atoms with Crippen LogP contribution in [0.3, 0.4) is 0 Å². The van der Waals surface area contributed by atoms with Gasteiger partial charge in [-0.1, -0.05) is 0 Å². The standard InChI is InChI=1S/C14H16FNOS/c1-17-13-6-10-11(9-2-4-16-5-3-9)8-18-14(10)7-12(13)15/h6-9,16H,2-5H2,1H3. The maximum Gasteiger partial charge on any atom is 0.166 e. The molecule has 96 valence electrons. The van der Waals surface area contributed by atoms with Crippen LogP contribution >= 0.6 is 11.3 Å². The number of fused-ring (bicyclic) bond motifs is 1. The predicted molar refractivity (Wildman–Crippen MR) is 73.2 cm³/mol. The predicted octanol–water partition coefficient (Wildman–Crippen LogP) is 3.52. The molecule has 1 aliphatic rings. The van der Waals surface area contributed by atoms with E-state index >= 15 is 0 Å². The molecule has 0 atom stereocenters. The van der Waals surface area contributed by atoms with Crippen molar-refractivity contribution in [1.29, 1.82) is 0 Å². The molecule has 1 fully saturated rings. The first-order chi connectivity index (χ1) is 8.79. The number of piperidine rings is 1. The minimum atomic E-state index is -0.274. The summed E-state index contributed by atoms with van der Waals surface area (Å²) in [7, 11) is 1.51. The molecule has 0 unspecified atom stereocenters. The molecule has 1 N–H and O–H groups in total. The van der Waals surface area contributed by atoms with Gasteiger partial charge in [-0.2, -0.15) is 0 Å². The van der Waals surface area contributed by atoms with Crippen molar-refractivity contribution in [3.05, 3.63) is 28.9 Å². The van der Waals surface area contributed by atoms with E-state index in [9.17, 15) is 4.39 Å². The number of hydrogen-bond acceptors (Lipinski definition) is 3. The van der Waals surface area contributed by atoms with Gasteiger partial charge in [0.1, 0.15) is 0 Å². The normalized spacial score (nSPS) is 17.2. The molecule has 0 aliphatic carbocycles. The second-order valence-electron chi connectivity index (χ2n) is 4.70. The van der Waals surface area contributed by atoms with Gasteiger partial charge in [0, 0.05) is 4.70 Å². The molecular formula is C14H16FNOS. The molecule has 18 heavy (non-hydrogen) atoms. The van der Waals surface area contributed by atoms with Gasteiger partial charge in [0.25, 0.3) is 0 Å². The molecule has 2 nitrogen and oxygen atoms in total. The lowest BCUT2D eigenvalue weighted by Crippen LogP contribution is -2.26. The Hall–Kier alpha value is -1.13. The Kier molecular flexibility index (Phi) is 3.22. The van der Waals surface area contributed by atoms with Crippen LogP contribution in [0.25, 0.3) is 10.1 Å². The van der Waals surface area contributed by atoms with E-state index in [4.69, 9.17) is 4.74 Å². The molecule has 2 heterocycles. The topological polar surface area (TPSA) is 21.3 Å². The average Bonchev–Trinajstić information content (AvgIpc) is 2.81. The van der Waals surface area contributed by atoms with Gasteiger partial charge in [-0.25, -0.2) is 4.39 Å². The molecule has 3 rings (SSSR count). The van der Waals surface area contributed by atoms with Gasteiger partial charge in [-0.05, 0) is 60.3 Å². The van der Waals surface area contributed by atoms with Crippen molar-refractivity contribution in [3.63, 3.8) is 0 Å². The Morgan fingerprint density at radius 1 is 1.33 bits per heavy atom. The Morgan fingerprint density at radius 2 is 2.11 bits per heavy atom. The minimum absolute atomic E-state index is 0.274. The maximum absolute atomic E-state index is 13.6. The summed E-state index contributed by atoms with van der Waals surface area (Å²) in [6.07, 6.45) is 2.32. The van der Waals surface area contributed by atoms with E-state index in [0.29, 0.717) is 11.7 Å². The minimum Gasteiger partial charge on any atom is -0.494 e. The summed E-state index contributed by atoms with van der Waals surface area (Å²) >= 11 is 1.62. The van der Waals surface area contributed by atoms with Gasteiger partial charge >= 0.3 is 0 Å². The van der Waals surface area contributed by atoms with Crippen LogP contribution in [0.15, 0.2) is 17.5 Å². The van der Waals surface area contributed by atoms with Gasteiger partial charge in [0.15, 0.2) is 11.6 Å². The van der Waals surface area contributed by atoms with Crippen LogP contribution in [0.5, 0.6) is 5.75 Å². The smallest absolute Gasteiger partial charge is 0.166 e. The highest BCUT2D eigenvalue weighted by atomic mass is 32.1. The van der Waals surface area contributed by atoms with Gasteiger partial charge in [-0.15, -0.1) is 11.3 Å². The summed E-state index contributed by atoms with van der Waals surface area (Å²) in [5.41, 5.74) is 1.36. The molecule has 0 amide bonds. The zero-order valence-corrected chi connectivity index (χ0v) is 11.1. The van der Waals surface area contributed by atoms with E-state index in [1.807, 2.05) is 6.07 Å². The Balaban J connectivity index is 2.06.